The van der Waals surface area contributed by atoms with Gasteiger partial charge >= 0.3 is 5.97 Å². The number of rotatable bonds is 2. The Bertz CT molecular complexity index is 356. The second-order valence-electron chi connectivity index (χ2n) is 4.76. The predicted octanol–water partition coefficient (Wildman–Crippen LogP) is 3.34. The first-order valence-corrected chi connectivity index (χ1v) is 5.94. The number of esters is 1. The molecule has 86 valence electrons. The molecule has 2 heteroatoms. The van der Waals surface area contributed by atoms with E-state index >= 15 is 0 Å². The van der Waals surface area contributed by atoms with Crippen LogP contribution in [-0.4, -0.2) is 5.97 Å². The van der Waals surface area contributed by atoms with Gasteiger partial charge in [0, 0.05) is 0 Å². The summed E-state index contributed by atoms with van der Waals surface area (Å²) in [5.41, 5.74) is 1.11. The molecule has 1 saturated heterocycles. The van der Waals surface area contributed by atoms with Crippen molar-refractivity contribution in [3.63, 3.8) is 0 Å². The number of carbonyl (C=O) groups is 1. The number of carbonyl (C=O) groups excluding carboxylic acids is 1. The average molecular weight is 218 g/mol. The van der Waals surface area contributed by atoms with Crippen molar-refractivity contribution in [2.75, 3.05) is 0 Å². The van der Waals surface area contributed by atoms with E-state index in [1.54, 1.807) is 0 Å². The van der Waals surface area contributed by atoms with Crippen LogP contribution in [0.5, 0.6) is 0 Å². The van der Waals surface area contributed by atoms with E-state index in [1.807, 2.05) is 30.3 Å². The van der Waals surface area contributed by atoms with Gasteiger partial charge in [-0.25, -0.2) is 0 Å². The number of benzene rings is 1. The Morgan fingerprint density at radius 3 is 2.44 bits per heavy atom. The predicted molar refractivity (Wildman–Crippen MR) is 62.8 cm³/mol. The Morgan fingerprint density at radius 2 is 1.88 bits per heavy atom. The molecule has 0 radical (unpaired) electrons. The zero-order valence-electron chi connectivity index (χ0n) is 9.85. The van der Waals surface area contributed by atoms with Crippen molar-refractivity contribution in [3.05, 3.63) is 35.9 Å². The summed E-state index contributed by atoms with van der Waals surface area (Å²) in [6.45, 7) is 4.16. The highest BCUT2D eigenvalue weighted by Gasteiger charge is 2.32. The SMILES string of the molecule is CC(C)C1CCC(c2ccccc2)OC1=O. The van der Waals surface area contributed by atoms with Gasteiger partial charge in [-0.1, -0.05) is 44.2 Å². The maximum absolute atomic E-state index is 11.8. The van der Waals surface area contributed by atoms with Crippen molar-refractivity contribution in [1.29, 1.82) is 0 Å². The average Bonchev–Trinajstić information content (AvgIpc) is 2.29. The Labute approximate surface area is 96.6 Å². The summed E-state index contributed by atoms with van der Waals surface area (Å²) in [5.74, 6) is 0.430. The molecule has 2 nitrogen and oxygen atoms in total. The quantitative estimate of drug-likeness (QED) is 0.712. The monoisotopic (exact) mass is 218 g/mol. The summed E-state index contributed by atoms with van der Waals surface area (Å²) in [6.07, 6.45) is 1.85. The molecule has 0 aliphatic carbocycles. The number of hydrogen-bond acceptors (Lipinski definition) is 2. The van der Waals surface area contributed by atoms with E-state index in [0.29, 0.717) is 5.92 Å². The van der Waals surface area contributed by atoms with Gasteiger partial charge in [0.2, 0.25) is 0 Å². The molecule has 0 saturated carbocycles. The van der Waals surface area contributed by atoms with Crippen LogP contribution in [0.2, 0.25) is 0 Å². The van der Waals surface area contributed by atoms with Crippen LogP contribution < -0.4 is 0 Å². The fraction of sp³-hybridized carbons (Fsp3) is 0.500. The maximum atomic E-state index is 11.8. The van der Waals surface area contributed by atoms with Crippen LogP contribution in [-0.2, 0) is 9.53 Å². The first-order chi connectivity index (χ1) is 7.68. The molecule has 16 heavy (non-hydrogen) atoms. The van der Waals surface area contributed by atoms with E-state index in [1.165, 1.54) is 0 Å². The largest absolute Gasteiger partial charge is 0.457 e. The van der Waals surface area contributed by atoms with Gasteiger partial charge in [-0.15, -0.1) is 0 Å². The van der Waals surface area contributed by atoms with E-state index < -0.39 is 0 Å². The molecule has 0 N–H and O–H groups in total. The Hall–Kier alpha value is -1.31. The third-order valence-corrected chi connectivity index (χ3v) is 3.28. The van der Waals surface area contributed by atoms with Crippen molar-refractivity contribution in [3.8, 4) is 0 Å². The fourth-order valence-electron chi connectivity index (χ4n) is 2.24. The molecular weight excluding hydrogens is 200 g/mol. The molecule has 0 spiro atoms. The molecular formula is C14H18O2. The highest BCUT2D eigenvalue weighted by atomic mass is 16.5. The van der Waals surface area contributed by atoms with Crippen molar-refractivity contribution >= 4 is 5.97 Å². The first-order valence-electron chi connectivity index (χ1n) is 5.94. The van der Waals surface area contributed by atoms with Crippen molar-refractivity contribution in [1.82, 2.24) is 0 Å². The van der Waals surface area contributed by atoms with Crippen LogP contribution in [0.4, 0.5) is 0 Å². The second kappa shape index (κ2) is 4.69. The summed E-state index contributed by atoms with van der Waals surface area (Å²) >= 11 is 0. The molecule has 1 aliphatic rings. The topological polar surface area (TPSA) is 26.3 Å². The van der Waals surface area contributed by atoms with Gasteiger partial charge in [-0.05, 0) is 24.3 Å². The van der Waals surface area contributed by atoms with Crippen molar-refractivity contribution in [2.24, 2.45) is 11.8 Å². The minimum absolute atomic E-state index is 0.0323. The molecule has 0 aromatic heterocycles. The van der Waals surface area contributed by atoms with Crippen molar-refractivity contribution in [2.45, 2.75) is 32.8 Å². The van der Waals surface area contributed by atoms with Crippen LogP contribution >= 0.6 is 0 Å². The Morgan fingerprint density at radius 1 is 1.19 bits per heavy atom. The second-order valence-corrected chi connectivity index (χ2v) is 4.76. The summed E-state index contributed by atoms with van der Waals surface area (Å²) < 4.78 is 5.51. The van der Waals surface area contributed by atoms with Crippen LogP contribution in [0.25, 0.3) is 0 Å². The minimum atomic E-state index is -0.0382. The van der Waals surface area contributed by atoms with E-state index in [0.717, 1.165) is 18.4 Å². The number of cyclic esters (lactones) is 1. The lowest BCUT2D eigenvalue weighted by Crippen LogP contribution is -2.29. The third-order valence-electron chi connectivity index (χ3n) is 3.28. The molecule has 2 atom stereocenters. The fourth-order valence-corrected chi connectivity index (χ4v) is 2.24. The maximum Gasteiger partial charge on any atom is 0.309 e. The molecule has 1 heterocycles. The normalized spacial score (nSPS) is 25.6. The molecule has 0 bridgehead atoms. The van der Waals surface area contributed by atoms with Crippen LogP contribution in [0, 0.1) is 11.8 Å². The molecule has 1 aliphatic heterocycles. The van der Waals surface area contributed by atoms with E-state index in [9.17, 15) is 4.79 Å². The molecule has 0 amide bonds. The van der Waals surface area contributed by atoms with Gasteiger partial charge in [-0.2, -0.15) is 0 Å². The van der Waals surface area contributed by atoms with Crippen LogP contribution in [0.3, 0.4) is 0 Å². The highest BCUT2D eigenvalue weighted by molar-refractivity contribution is 5.73. The lowest BCUT2D eigenvalue weighted by Gasteiger charge is -2.30. The highest BCUT2D eigenvalue weighted by Crippen LogP contribution is 2.34. The van der Waals surface area contributed by atoms with Crippen LogP contribution in [0.1, 0.15) is 38.4 Å². The summed E-state index contributed by atoms with van der Waals surface area (Å²) in [7, 11) is 0. The summed E-state index contributed by atoms with van der Waals surface area (Å²) in [5, 5.41) is 0. The minimum Gasteiger partial charge on any atom is -0.457 e. The van der Waals surface area contributed by atoms with E-state index in [4.69, 9.17) is 4.74 Å². The molecule has 1 fully saturated rings. The number of hydrogen-bond donors (Lipinski definition) is 0. The van der Waals surface area contributed by atoms with E-state index in [-0.39, 0.29) is 18.0 Å². The van der Waals surface area contributed by atoms with Gasteiger partial charge in [0.15, 0.2) is 0 Å². The van der Waals surface area contributed by atoms with Gasteiger partial charge in [0.25, 0.3) is 0 Å². The van der Waals surface area contributed by atoms with Gasteiger partial charge < -0.3 is 4.74 Å². The van der Waals surface area contributed by atoms with Crippen LogP contribution in [0.15, 0.2) is 30.3 Å². The zero-order chi connectivity index (χ0) is 11.5. The lowest BCUT2D eigenvalue weighted by molar-refractivity contribution is -0.162. The number of ether oxygens (including phenoxy) is 1. The third kappa shape index (κ3) is 2.26. The first kappa shape index (κ1) is 11.2. The van der Waals surface area contributed by atoms with Gasteiger partial charge in [0.05, 0.1) is 5.92 Å². The summed E-state index contributed by atoms with van der Waals surface area (Å²) in [6, 6.07) is 9.99. The molecule has 1 aromatic rings. The molecule has 2 rings (SSSR count). The molecule has 2 unspecified atom stereocenters. The molecule has 1 aromatic carbocycles. The standard InChI is InChI=1S/C14H18O2/c1-10(2)12-8-9-13(16-14(12)15)11-6-4-3-5-7-11/h3-7,10,12-13H,8-9H2,1-2H3. The lowest BCUT2D eigenvalue weighted by atomic mass is 9.87. The van der Waals surface area contributed by atoms with Crippen molar-refractivity contribution < 1.29 is 9.53 Å². The van der Waals surface area contributed by atoms with Gasteiger partial charge in [-0.3, -0.25) is 4.79 Å². The Kier molecular flexibility index (Phi) is 3.28. The van der Waals surface area contributed by atoms with Gasteiger partial charge in [0.1, 0.15) is 6.10 Å². The zero-order valence-corrected chi connectivity index (χ0v) is 9.85. The Balaban J connectivity index is 2.06. The van der Waals surface area contributed by atoms with E-state index in [2.05, 4.69) is 13.8 Å². The smallest absolute Gasteiger partial charge is 0.309 e. The summed E-state index contributed by atoms with van der Waals surface area (Å²) in [4.78, 5) is 11.8.